The van der Waals surface area contributed by atoms with E-state index in [1.807, 2.05) is 30.3 Å². The van der Waals surface area contributed by atoms with Gasteiger partial charge in [0, 0.05) is 17.3 Å². The highest BCUT2D eigenvalue weighted by molar-refractivity contribution is 7.89. The first-order valence-corrected chi connectivity index (χ1v) is 9.39. The lowest BCUT2D eigenvalue weighted by Gasteiger charge is -2.17. The van der Waals surface area contributed by atoms with Crippen molar-refractivity contribution in [2.75, 3.05) is 11.4 Å². The maximum Gasteiger partial charge on any atom is 0.245 e. The summed E-state index contributed by atoms with van der Waals surface area (Å²) in [6, 6.07) is 13.0. The number of carbonyl (C=O) groups excluding carboxylic acids is 1. The van der Waals surface area contributed by atoms with E-state index in [1.165, 1.54) is 12.1 Å². The van der Waals surface area contributed by atoms with Crippen LogP contribution in [0.3, 0.4) is 0 Å². The predicted molar refractivity (Wildman–Crippen MR) is 93.7 cm³/mol. The molecule has 0 bridgehead atoms. The normalized spacial score (nSPS) is 18.2. The minimum atomic E-state index is -3.80. The molecule has 2 aromatic carbocycles. The molecule has 7 heteroatoms. The molecule has 1 unspecified atom stereocenters. The predicted octanol–water partition coefficient (Wildman–Crippen LogP) is 2.73. The standard InChI is InChI=1S/C17H17ClN2O3S/c1-12-7-8-14(11-15(12)18)24(22,23)19-16-9-10-20(17(16)21)13-5-3-2-4-6-13/h2-8,11,16,19H,9-10H2,1H3. The third kappa shape index (κ3) is 3.31. The SMILES string of the molecule is Cc1ccc(S(=O)(=O)NC2CCN(c3ccccc3)C2=O)cc1Cl. The number of aryl methyl sites for hydroxylation is 1. The molecular formula is C17H17ClN2O3S. The molecule has 24 heavy (non-hydrogen) atoms. The van der Waals surface area contributed by atoms with Gasteiger partial charge in [-0.05, 0) is 43.2 Å². The number of benzene rings is 2. The van der Waals surface area contributed by atoms with E-state index in [0.717, 1.165) is 11.3 Å². The molecule has 1 aliphatic heterocycles. The van der Waals surface area contributed by atoms with Gasteiger partial charge in [0.1, 0.15) is 6.04 Å². The maximum atomic E-state index is 12.5. The number of halogens is 1. The molecule has 0 radical (unpaired) electrons. The number of hydrogen-bond acceptors (Lipinski definition) is 3. The Morgan fingerprint density at radius 3 is 2.54 bits per heavy atom. The lowest BCUT2D eigenvalue weighted by molar-refractivity contribution is -0.118. The molecule has 2 aromatic rings. The van der Waals surface area contributed by atoms with Gasteiger partial charge in [-0.2, -0.15) is 4.72 Å². The van der Waals surface area contributed by atoms with Crippen LogP contribution in [0, 0.1) is 6.92 Å². The number of carbonyl (C=O) groups is 1. The molecular weight excluding hydrogens is 348 g/mol. The molecule has 0 spiro atoms. The number of hydrogen-bond donors (Lipinski definition) is 1. The number of rotatable bonds is 4. The Morgan fingerprint density at radius 1 is 1.17 bits per heavy atom. The van der Waals surface area contributed by atoms with Gasteiger partial charge in [0.05, 0.1) is 4.90 Å². The van der Waals surface area contributed by atoms with E-state index in [0.29, 0.717) is 18.0 Å². The average molecular weight is 365 g/mol. The van der Waals surface area contributed by atoms with Gasteiger partial charge in [-0.15, -0.1) is 0 Å². The van der Waals surface area contributed by atoms with E-state index in [4.69, 9.17) is 11.6 Å². The summed E-state index contributed by atoms with van der Waals surface area (Å²) in [5.74, 6) is -0.247. The Balaban J connectivity index is 1.78. The van der Waals surface area contributed by atoms with Gasteiger partial charge in [-0.25, -0.2) is 8.42 Å². The summed E-state index contributed by atoms with van der Waals surface area (Å²) in [5.41, 5.74) is 1.56. The van der Waals surface area contributed by atoms with Crippen LogP contribution < -0.4 is 9.62 Å². The zero-order chi connectivity index (χ0) is 17.3. The van der Waals surface area contributed by atoms with E-state index in [-0.39, 0.29) is 10.8 Å². The summed E-state index contributed by atoms with van der Waals surface area (Å²) in [7, 11) is -3.80. The zero-order valence-corrected chi connectivity index (χ0v) is 14.6. The second-order valence-corrected chi connectivity index (χ2v) is 7.82. The summed E-state index contributed by atoms with van der Waals surface area (Å²) >= 11 is 6.00. The highest BCUT2D eigenvalue weighted by atomic mass is 35.5. The lowest BCUT2D eigenvalue weighted by Crippen LogP contribution is -2.41. The highest BCUT2D eigenvalue weighted by Gasteiger charge is 2.35. The first kappa shape index (κ1) is 17.0. The quantitative estimate of drug-likeness (QED) is 0.907. The maximum absolute atomic E-state index is 12.5. The second kappa shape index (κ2) is 6.55. The molecule has 1 saturated heterocycles. The molecule has 1 fully saturated rings. The minimum absolute atomic E-state index is 0.0593. The number of sulfonamides is 1. The Hall–Kier alpha value is -1.89. The second-order valence-electron chi connectivity index (χ2n) is 5.70. The van der Waals surface area contributed by atoms with Gasteiger partial charge in [-0.3, -0.25) is 4.79 Å². The summed E-state index contributed by atoms with van der Waals surface area (Å²) in [5, 5.41) is 0.376. The Labute approximate surface area is 146 Å². The van der Waals surface area contributed by atoms with Crippen molar-refractivity contribution in [2.24, 2.45) is 0 Å². The van der Waals surface area contributed by atoms with Gasteiger partial charge >= 0.3 is 0 Å². The number of nitrogens with zero attached hydrogens (tertiary/aromatic N) is 1. The van der Waals surface area contributed by atoms with Gasteiger partial charge in [-0.1, -0.05) is 35.9 Å². The summed E-state index contributed by atoms with van der Waals surface area (Å²) in [6.45, 7) is 2.27. The van der Waals surface area contributed by atoms with E-state index >= 15 is 0 Å². The fraction of sp³-hybridized carbons (Fsp3) is 0.235. The molecule has 1 aliphatic rings. The minimum Gasteiger partial charge on any atom is -0.311 e. The van der Waals surface area contributed by atoms with Gasteiger partial charge in [0.25, 0.3) is 0 Å². The molecule has 1 heterocycles. The largest absolute Gasteiger partial charge is 0.311 e. The molecule has 0 aliphatic carbocycles. The van der Waals surface area contributed by atoms with Crippen LogP contribution in [0.2, 0.25) is 5.02 Å². The van der Waals surface area contributed by atoms with E-state index < -0.39 is 16.1 Å². The van der Waals surface area contributed by atoms with Gasteiger partial charge in [0.15, 0.2) is 0 Å². The van der Waals surface area contributed by atoms with Crippen LogP contribution >= 0.6 is 11.6 Å². The van der Waals surface area contributed by atoms with Crippen LogP contribution in [0.5, 0.6) is 0 Å². The highest BCUT2D eigenvalue weighted by Crippen LogP contribution is 2.24. The van der Waals surface area contributed by atoms with Crippen molar-refractivity contribution < 1.29 is 13.2 Å². The third-order valence-electron chi connectivity index (χ3n) is 4.02. The molecule has 1 amide bonds. The van der Waals surface area contributed by atoms with Crippen LogP contribution in [0.4, 0.5) is 5.69 Å². The molecule has 0 saturated carbocycles. The Kier molecular flexibility index (Phi) is 4.62. The first-order valence-electron chi connectivity index (χ1n) is 7.53. The van der Waals surface area contributed by atoms with Crippen molar-refractivity contribution in [1.29, 1.82) is 0 Å². The Bertz CT molecular complexity index is 869. The molecule has 3 rings (SSSR count). The number of para-hydroxylation sites is 1. The third-order valence-corrected chi connectivity index (χ3v) is 5.90. The topological polar surface area (TPSA) is 66.5 Å². The van der Waals surface area contributed by atoms with Crippen molar-refractivity contribution in [3.05, 3.63) is 59.1 Å². The first-order chi connectivity index (χ1) is 11.4. The fourth-order valence-corrected chi connectivity index (χ4v) is 4.14. The fourth-order valence-electron chi connectivity index (χ4n) is 2.65. The smallest absolute Gasteiger partial charge is 0.245 e. The van der Waals surface area contributed by atoms with Crippen LogP contribution in [0.1, 0.15) is 12.0 Å². The van der Waals surface area contributed by atoms with Crippen molar-refractivity contribution in [1.82, 2.24) is 4.72 Å². The molecule has 0 aromatic heterocycles. The van der Waals surface area contributed by atoms with E-state index in [9.17, 15) is 13.2 Å². The van der Waals surface area contributed by atoms with Crippen LogP contribution in [-0.4, -0.2) is 26.9 Å². The van der Waals surface area contributed by atoms with Crippen LogP contribution in [0.25, 0.3) is 0 Å². The molecule has 5 nitrogen and oxygen atoms in total. The summed E-state index contributed by atoms with van der Waals surface area (Å²) < 4.78 is 27.5. The van der Waals surface area contributed by atoms with Crippen molar-refractivity contribution in [2.45, 2.75) is 24.3 Å². The lowest BCUT2D eigenvalue weighted by atomic mass is 10.2. The number of anilines is 1. The van der Waals surface area contributed by atoms with E-state index in [2.05, 4.69) is 4.72 Å². The van der Waals surface area contributed by atoms with Crippen LogP contribution in [0.15, 0.2) is 53.4 Å². The number of amides is 1. The van der Waals surface area contributed by atoms with Gasteiger partial charge in [0.2, 0.25) is 15.9 Å². The van der Waals surface area contributed by atoms with Crippen molar-refractivity contribution in [3.8, 4) is 0 Å². The summed E-state index contributed by atoms with van der Waals surface area (Å²) in [6.07, 6.45) is 0.423. The van der Waals surface area contributed by atoms with Crippen LogP contribution in [-0.2, 0) is 14.8 Å². The van der Waals surface area contributed by atoms with Crippen molar-refractivity contribution >= 4 is 33.2 Å². The average Bonchev–Trinajstić information content (AvgIpc) is 2.91. The summed E-state index contributed by atoms with van der Waals surface area (Å²) in [4.78, 5) is 14.2. The molecule has 1 atom stereocenters. The number of nitrogens with one attached hydrogen (secondary N) is 1. The van der Waals surface area contributed by atoms with E-state index in [1.54, 1.807) is 17.9 Å². The molecule has 126 valence electrons. The monoisotopic (exact) mass is 364 g/mol. The van der Waals surface area contributed by atoms with Gasteiger partial charge < -0.3 is 4.90 Å². The zero-order valence-electron chi connectivity index (χ0n) is 13.1. The molecule has 1 N–H and O–H groups in total. The van der Waals surface area contributed by atoms with Crippen molar-refractivity contribution in [3.63, 3.8) is 0 Å². The Morgan fingerprint density at radius 2 is 1.88 bits per heavy atom.